The number of carbonyl (C=O) groups is 1. The summed E-state index contributed by atoms with van der Waals surface area (Å²) in [5.41, 5.74) is 4.13. The molecule has 2 atom stereocenters. The van der Waals surface area contributed by atoms with Crippen molar-refractivity contribution in [3.8, 4) is 11.3 Å². The third-order valence-corrected chi connectivity index (χ3v) is 7.33. The van der Waals surface area contributed by atoms with Crippen molar-refractivity contribution in [2.24, 2.45) is 13.0 Å². The summed E-state index contributed by atoms with van der Waals surface area (Å²) < 4.78 is 8.08. The second kappa shape index (κ2) is 7.26. The SMILES string of the molecule is Cn1ncc(C(=O)N2CCCC3CCCCC32)c1-c1cccc2c1oc1ccccc12. The average Bonchev–Trinajstić information content (AvgIpc) is 3.38. The van der Waals surface area contributed by atoms with Gasteiger partial charge in [-0.15, -0.1) is 0 Å². The van der Waals surface area contributed by atoms with E-state index in [9.17, 15) is 4.79 Å². The Morgan fingerprint density at radius 2 is 1.81 bits per heavy atom. The normalized spacial score (nSPS) is 21.5. The summed E-state index contributed by atoms with van der Waals surface area (Å²) in [6.45, 7) is 0.850. The maximum Gasteiger partial charge on any atom is 0.257 e. The molecule has 1 aliphatic heterocycles. The maximum atomic E-state index is 13.8. The molecule has 2 fully saturated rings. The van der Waals surface area contributed by atoms with Crippen LogP contribution in [0.4, 0.5) is 0 Å². The van der Waals surface area contributed by atoms with Crippen molar-refractivity contribution in [3.05, 3.63) is 54.2 Å². The highest BCUT2D eigenvalue weighted by atomic mass is 16.3. The number of aromatic nitrogens is 2. The average molecular weight is 414 g/mol. The van der Waals surface area contributed by atoms with E-state index in [1.807, 2.05) is 42.1 Å². The van der Waals surface area contributed by atoms with E-state index in [4.69, 9.17) is 4.42 Å². The first-order valence-corrected chi connectivity index (χ1v) is 11.5. The Bertz CT molecular complexity index is 1280. The van der Waals surface area contributed by atoms with Crippen LogP contribution < -0.4 is 0 Å². The van der Waals surface area contributed by atoms with E-state index in [1.165, 1.54) is 25.7 Å². The van der Waals surface area contributed by atoms with E-state index in [0.717, 1.165) is 52.6 Å². The number of likely N-dealkylation sites (tertiary alicyclic amines) is 1. The Balaban J connectivity index is 1.47. The standard InChI is InChI=1S/C26H27N3O2/c1-28-24(20-12-6-11-19-18-10-3-5-14-23(18)31-25(19)20)21(16-27-28)26(30)29-15-7-9-17-8-2-4-13-22(17)29/h3,5-6,10-12,14,16-17,22H,2,4,7-9,13,15H2,1H3. The second-order valence-electron chi connectivity index (χ2n) is 9.06. The van der Waals surface area contributed by atoms with Crippen LogP contribution in [0.1, 0.15) is 48.9 Å². The number of amides is 1. The van der Waals surface area contributed by atoms with Crippen molar-refractivity contribution in [2.75, 3.05) is 6.54 Å². The molecule has 2 unspecified atom stereocenters. The van der Waals surface area contributed by atoms with Crippen molar-refractivity contribution >= 4 is 27.8 Å². The van der Waals surface area contributed by atoms with Gasteiger partial charge in [-0.05, 0) is 43.7 Å². The van der Waals surface area contributed by atoms with Crippen LogP contribution in [0.15, 0.2) is 53.1 Å². The molecule has 5 nitrogen and oxygen atoms in total. The summed E-state index contributed by atoms with van der Waals surface area (Å²) in [7, 11) is 1.91. The van der Waals surface area contributed by atoms with Gasteiger partial charge >= 0.3 is 0 Å². The molecule has 6 rings (SSSR count). The molecular formula is C26H27N3O2. The van der Waals surface area contributed by atoms with Crippen LogP contribution in [-0.2, 0) is 7.05 Å². The van der Waals surface area contributed by atoms with Crippen LogP contribution >= 0.6 is 0 Å². The van der Waals surface area contributed by atoms with Crippen LogP contribution in [-0.4, -0.2) is 33.2 Å². The summed E-state index contributed by atoms with van der Waals surface area (Å²) in [5.74, 6) is 0.776. The number of piperidine rings is 1. The Morgan fingerprint density at radius 3 is 2.74 bits per heavy atom. The number of fused-ring (bicyclic) bond motifs is 4. The Hall–Kier alpha value is -3.08. The summed E-state index contributed by atoms with van der Waals surface area (Å²) >= 11 is 0. The number of benzene rings is 2. The van der Waals surface area contributed by atoms with E-state index in [0.29, 0.717) is 17.5 Å². The topological polar surface area (TPSA) is 51.3 Å². The lowest BCUT2D eigenvalue weighted by atomic mass is 9.78. The first-order chi connectivity index (χ1) is 15.2. The Labute approximate surface area is 181 Å². The van der Waals surface area contributed by atoms with Crippen LogP contribution in [0.5, 0.6) is 0 Å². The highest BCUT2D eigenvalue weighted by molar-refractivity contribution is 6.11. The summed E-state index contributed by atoms with van der Waals surface area (Å²) in [6, 6.07) is 14.6. The number of hydrogen-bond acceptors (Lipinski definition) is 3. The molecule has 2 aromatic carbocycles. The third-order valence-electron chi connectivity index (χ3n) is 7.33. The second-order valence-corrected chi connectivity index (χ2v) is 9.06. The van der Waals surface area contributed by atoms with Gasteiger partial charge in [-0.2, -0.15) is 5.10 Å². The molecule has 1 saturated heterocycles. The van der Waals surface area contributed by atoms with Gasteiger partial charge in [0.15, 0.2) is 0 Å². The molecule has 0 radical (unpaired) electrons. The molecule has 3 heterocycles. The van der Waals surface area contributed by atoms with Gasteiger partial charge in [0.1, 0.15) is 11.2 Å². The van der Waals surface area contributed by atoms with Crippen LogP contribution in [0, 0.1) is 5.92 Å². The fraction of sp³-hybridized carbons (Fsp3) is 0.385. The van der Waals surface area contributed by atoms with E-state index >= 15 is 0 Å². The fourth-order valence-corrected chi connectivity index (χ4v) is 5.88. The first kappa shape index (κ1) is 18.7. The van der Waals surface area contributed by atoms with Gasteiger partial charge in [0.25, 0.3) is 5.91 Å². The molecule has 31 heavy (non-hydrogen) atoms. The van der Waals surface area contributed by atoms with E-state index < -0.39 is 0 Å². The molecule has 158 valence electrons. The van der Waals surface area contributed by atoms with Gasteiger partial charge < -0.3 is 9.32 Å². The quantitative estimate of drug-likeness (QED) is 0.418. The van der Waals surface area contributed by atoms with Crippen LogP contribution in [0.25, 0.3) is 33.2 Å². The minimum absolute atomic E-state index is 0.118. The van der Waals surface area contributed by atoms with Crippen molar-refractivity contribution in [1.29, 1.82) is 0 Å². The molecule has 4 aromatic rings. The fourth-order valence-electron chi connectivity index (χ4n) is 5.88. The monoisotopic (exact) mass is 413 g/mol. The summed E-state index contributed by atoms with van der Waals surface area (Å²) in [4.78, 5) is 16.0. The molecule has 1 saturated carbocycles. The van der Waals surface area contributed by atoms with Gasteiger partial charge in [0, 0.05) is 36.0 Å². The van der Waals surface area contributed by atoms with Crippen molar-refractivity contribution < 1.29 is 9.21 Å². The lowest BCUT2D eigenvalue weighted by molar-refractivity contribution is 0.0391. The van der Waals surface area contributed by atoms with Crippen LogP contribution in [0.3, 0.4) is 0 Å². The van der Waals surface area contributed by atoms with E-state index in [2.05, 4.69) is 22.1 Å². The van der Waals surface area contributed by atoms with Gasteiger partial charge in [-0.25, -0.2) is 0 Å². The highest BCUT2D eigenvalue weighted by Crippen LogP contribution is 2.39. The molecule has 0 bridgehead atoms. The Morgan fingerprint density at radius 1 is 1.00 bits per heavy atom. The maximum absolute atomic E-state index is 13.8. The van der Waals surface area contributed by atoms with Crippen LogP contribution in [0.2, 0.25) is 0 Å². The predicted octanol–water partition coefficient (Wildman–Crippen LogP) is 5.78. The molecule has 2 aliphatic rings. The zero-order chi connectivity index (χ0) is 20.9. The number of para-hydroxylation sites is 2. The van der Waals surface area contributed by atoms with E-state index in [1.54, 1.807) is 6.20 Å². The van der Waals surface area contributed by atoms with Crippen molar-refractivity contribution in [2.45, 2.75) is 44.6 Å². The van der Waals surface area contributed by atoms with Gasteiger partial charge in [-0.3, -0.25) is 9.48 Å². The van der Waals surface area contributed by atoms with Crippen molar-refractivity contribution in [3.63, 3.8) is 0 Å². The number of rotatable bonds is 2. The molecule has 5 heteroatoms. The minimum atomic E-state index is 0.118. The zero-order valence-corrected chi connectivity index (χ0v) is 17.9. The Kier molecular flexibility index (Phi) is 4.37. The molecule has 0 spiro atoms. The van der Waals surface area contributed by atoms with Gasteiger partial charge in [0.2, 0.25) is 0 Å². The molecule has 0 N–H and O–H groups in total. The number of nitrogens with zero attached hydrogens (tertiary/aromatic N) is 3. The van der Waals surface area contributed by atoms with Gasteiger partial charge in [0.05, 0.1) is 17.5 Å². The minimum Gasteiger partial charge on any atom is -0.455 e. The van der Waals surface area contributed by atoms with E-state index in [-0.39, 0.29) is 5.91 Å². The molecule has 1 amide bonds. The molecule has 2 aromatic heterocycles. The lowest BCUT2D eigenvalue weighted by Gasteiger charge is -2.44. The zero-order valence-electron chi connectivity index (χ0n) is 17.9. The van der Waals surface area contributed by atoms with Crippen molar-refractivity contribution in [1.82, 2.24) is 14.7 Å². The number of aryl methyl sites for hydroxylation is 1. The molecule has 1 aliphatic carbocycles. The number of furan rings is 1. The lowest BCUT2D eigenvalue weighted by Crippen LogP contribution is -2.49. The first-order valence-electron chi connectivity index (χ1n) is 11.5. The summed E-state index contributed by atoms with van der Waals surface area (Å²) in [6.07, 6.45) is 9.01. The number of hydrogen-bond donors (Lipinski definition) is 0. The molecular weight excluding hydrogens is 386 g/mol. The summed E-state index contributed by atoms with van der Waals surface area (Å²) in [5, 5.41) is 6.66. The third kappa shape index (κ3) is 2.90. The smallest absolute Gasteiger partial charge is 0.257 e. The highest BCUT2D eigenvalue weighted by Gasteiger charge is 2.37. The predicted molar refractivity (Wildman–Crippen MR) is 122 cm³/mol. The number of carbonyl (C=O) groups excluding carboxylic acids is 1. The van der Waals surface area contributed by atoms with Gasteiger partial charge in [-0.1, -0.05) is 43.2 Å². The largest absolute Gasteiger partial charge is 0.455 e.